The molecular formula is C20H32Cl2N2OSi. The first-order chi connectivity index (χ1) is 12.5. The van der Waals surface area contributed by atoms with Crippen molar-refractivity contribution in [2.24, 2.45) is 5.41 Å². The van der Waals surface area contributed by atoms with Gasteiger partial charge in [0.1, 0.15) is 0 Å². The number of pyridine rings is 1. The molecule has 1 N–H and O–H groups in total. The summed E-state index contributed by atoms with van der Waals surface area (Å²) in [5.74, 6) is 0. The van der Waals surface area contributed by atoms with E-state index in [1.54, 1.807) is 12.4 Å². The molecule has 2 atom stereocenters. The average molecular weight is 415 g/mol. The molecule has 26 heavy (non-hydrogen) atoms. The van der Waals surface area contributed by atoms with Gasteiger partial charge in [0.25, 0.3) is 0 Å². The van der Waals surface area contributed by atoms with E-state index < -0.39 is 8.32 Å². The molecule has 0 aromatic carbocycles. The fourth-order valence-corrected chi connectivity index (χ4v) is 8.14. The largest absolute Gasteiger partial charge is 0.409 e. The van der Waals surface area contributed by atoms with Gasteiger partial charge < -0.3 is 9.74 Å². The van der Waals surface area contributed by atoms with Gasteiger partial charge >= 0.3 is 0 Å². The van der Waals surface area contributed by atoms with Crippen molar-refractivity contribution < 1.29 is 4.43 Å². The van der Waals surface area contributed by atoms with Gasteiger partial charge in [0.05, 0.1) is 16.1 Å². The zero-order valence-corrected chi connectivity index (χ0v) is 18.8. The molecule has 146 valence electrons. The second-order valence-corrected chi connectivity index (χ2v) is 13.6. The number of rotatable bonds is 9. The Morgan fingerprint density at radius 3 is 2.19 bits per heavy atom. The minimum absolute atomic E-state index is 0.0951. The summed E-state index contributed by atoms with van der Waals surface area (Å²) < 4.78 is 6.85. The third kappa shape index (κ3) is 3.86. The van der Waals surface area contributed by atoms with Gasteiger partial charge in [-0.2, -0.15) is 0 Å². The van der Waals surface area contributed by atoms with Crippen LogP contribution in [0.5, 0.6) is 0 Å². The van der Waals surface area contributed by atoms with E-state index >= 15 is 0 Å². The number of aromatic nitrogens is 1. The molecule has 2 saturated carbocycles. The zero-order valence-electron chi connectivity index (χ0n) is 16.3. The molecule has 3 nitrogen and oxygen atoms in total. The molecule has 1 heterocycles. The maximum absolute atomic E-state index is 6.85. The zero-order chi connectivity index (χ0) is 18.8. The van der Waals surface area contributed by atoms with Crippen LogP contribution >= 0.6 is 23.2 Å². The first-order valence-electron chi connectivity index (χ1n) is 10.2. The van der Waals surface area contributed by atoms with Crippen molar-refractivity contribution in [1.82, 2.24) is 10.3 Å². The Morgan fingerprint density at radius 1 is 1.15 bits per heavy atom. The van der Waals surface area contributed by atoms with Crippen molar-refractivity contribution in [2.45, 2.75) is 83.2 Å². The molecule has 2 aliphatic carbocycles. The van der Waals surface area contributed by atoms with Crippen LogP contribution in [0.3, 0.4) is 0 Å². The average Bonchev–Trinajstić information content (AvgIpc) is 2.57. The summed E-state index contributed by atoms with van der Waals surface area (Å²) >= 11 is 13.0. The fourth-order valence-electron chi connectivity index (χ4n) is 4.73. The lowest BCUT2D eigenvalue weighted by Gasteiger charge is -2.56. The highest BCUT2D eigenvalue weighted by atomic mass is 35.5. The number of nitrogens with zero attached hydrogens (tertiary/aromatic N) is 1. The highest BCUT2D eigenvalue weighted by Gasteiger charge is 2.50. The van der Waals surface area contributed by atoms with Crippen LogP contribution in [0.25, 0.3) is 0 Å². The van der Waals surface area contributed by atoms with Crippen molar-refractivity contribution in [1.29, 1.82) is 0 Å². The van der Waals surface area contributed by atoms with Gasteiger partial charge in [0.2, 0.25) is 0 Å². The van der Waals surface area contributed by atoms with E-state index in [0.29, 0.717) is 21.5 Å². The molecule has 0 bridgehead atoms. The molecule has 6 heteroatoms. The van der Waals surface area contributed by atoms with Crippen molar-refractivity contribution in [3.05, 3.63) is 28.0 Å². The van der Waals surface area contributed by atoms with Gasteiger partial charge in [0.15, 0.2) is 8.32 Å². The Kier molecular flexibility index (Phi) is 6.72. The molecule has 0 unspecified atom stereocenters. The van der Waals surface area contributed by atoms with Crippen LogP contribution in [0.2, 0.25) is 28.2 Å². The van der Waals surface area contributed by atoms with Crippen LogP contribution in [0.4, 0.5) is 0 Å². The highest BCUT2D eigenvalue weighted by molar-refractivity contribution is 6.73. The van der Waals surface area contributed by atoms with Crippen molar-refractivity contribution in [3.63, 3.8) is 0 Å². The molecule has 1 spiro atoms. The maximum Gasteiger partial charge on any atom is 0.192 e. The minimum Gasteiger partial charge on any atom is -0.409 e. The number of hydrogen-bond acceptors (Lipinski definition) is 3. The first-order valence-corrected chi connectivity index (χ1v) is 13.5. The van der Waals surface area contributed by atoms with Gasteiger partial charge in [-0.3, -0.25) is 4.98 Å². The molecule has 0 radical (unpaired) electrons. The molecule has 1 aromatic heterocycles. The van der Waals surface area contributed by atoms with Gasteiger partial charge in [-0.15, -0.1) is 0 Å². The molecule has 0 saturated heterocycles. The SMILES string of the molecule is CC[Si](CC)(CC)O[C@@H](CN[C@H]1CCC12CCC2)c1c(Cl)cncc1Cl. The van der Waals surface area contributed by atoms with E-state index in [9.17, 15) is 0 Å². The second-order valence-electron chi connectivity index (χ2n) is 8.08. The van der Waals surface area contributed by atoms with Crippen LogP contribution in [0.15, 0.2) is 12.4 Å². The lowest BCUT2D eigenvalue weighted by molar-refractivity contribution is -0.0216. The van der Waals surface area contributed by atoms with Crippen molar-refractivity contribution >= 4 is 31.5 Å². The topological polar surface area (TPSA) is 34.1 Å². The van der Waals surface area contributed by atoms with Gasteiger partial charge in [-0.25, -0.2) is 0 Å². The van der Waals surface area contributed by atoms with Crippen LogP contribution in [-0.4, -0.2) is 25.9 Å². The predicted molar refractivity (Wildman–Crippen MR) is 113 cm³/mol. The number of halogens is 2. The maximum atomic E-state index is 6.85. The van der Waals surface area contributed by atoms with Crippen LogP contribution in [0, 0.1) is 5.41 Å². The molecule has 1 aromatic rings. The van der Waals surface area contributed by atoms with E-state index in [4.69, 9.17) is 27.6 Å². The molecule has 2 aliphatic rings. The Hall–Kier alpha value is -0.133. The lowest BCUT2D eigenvalue weighted by atomic mass is 9.53. The Labute approximate surface area is 169 Å². The lowest BCUT2D eigenvalue weighted by Crippen LogP contribution is -2.57. The molecule has 0 amide bonds. The molecule has 0 aliphatic heterocycles. The van der Waals surface area contributed by atoms with E-state index in [1.165, 1.54) is 32.1 Å². The summed E-state index contributed by atoms with van der Waals surface area (Å²) in [7, 11) is -1.78. The van der Waals surface area contributed by atoms with E-state index in [1.807, 2.05) is 0 Å². The van der Waals surface area contributed by atoms with E-state index in [0.717, 1.165) is 30.2 Å². The van der Waals surface area contributed by atoms with Gasteiger partial charge in [-0.1, -0.05) is 50.4 Å². The standard InChI is InChI=1S/C20H32Cl2N2OSi/c1-4-26(5-2,6-3)25-17(19-15(21)12-23-13-16(19)22)14-24-18-8-11-20(18)9-7-10-20/h12-13,17-18,24H,4-11,14H2,1-3H3/t17-,18-/m0/s1. The minimum atomic E-state index is -1.78. The Morgan fingerprint density at radius 2 is 1.77 bits per heavy atom. The summed E-state index contributed by atoms with van der Waals surface area (Å²) in [6.45, 7) is 7.56. The summed E-state index contributed by atoms with van der Waals surface area (Å²) in [5, 5.41) is 5.05. The normalized spacial score (nSPS) is 22.7. The molecular weight excluding hydrogens is 383 g/mol. The summed E-state index contributed by atoms with van der Waals surface area (Å²) in [6.07, 6.45) is 10.1. The predicted octanol–water partition coefficient (Wildman–Crippen LogP) is 6.37. The number of hydrogen-bond donors (Lipinski definition) is 1. The smallest absolute Gasteiger partial charge is 0.192 e. The van der Waals surface area contributed by atoms with Crippen molar-refractivity contribution in [3.8, 4) is 0 Å². The number of nitrogens with one attached hydrogen (secondary N) is 1. The Bertz CT molecular complexity index is 586. The molecule has 2 fully saturated rings. The first kappa shape index (κ1) is 20.6. The van der Waals surface area contributed by atoms with Gasteiger partial charge in [0, 0.05) is 30.5 Å². The van der Waals surface area contributed by atoms with Crippen molar-refractivity contribution in [2.75, 3.05) is 6.54 Å². The van der Waals surface area contributed by atoms with Crippen LogP contribution < -0.4 is 5.32 Å². The third-order valence-electron chi connectivity index (χ3n) is 7.11. The summed E-state index contributed by atoms with van der Waals surface area (Å²) in [4.78, 5) is 4.12. The van der Waals surface area contributed by atoms with E-state index in [2.05, 4.69) is 31.1 Å². The second kappa shape index (κ2) is 8.48. The van der Waals surface area contributed by atoms with Gasteiger partial charge in [-0.05, 0) is 49.2 Å². The monoisotopic (exact) mass is 414 g/mol. The summed E-state index contributed by atoms with van der Waals surface area (Å²) in [6, 6.07) is 3.97. The fraction of sp³-hybridized carbons (Fsp3) is 0.750. The third-order valence-corrected chi connectivity index (χ3v) is 12.4. The highest BCUT2D eigenvalue weighted by Crippen LogP contribution is 2.56. The van der Waals surface area contributed by atoms with E-state index in [-0.39, 0.29) is 6.10 Å². The Balaban J connectivity index is 1.79. The van der Waals surface area contributed by atoms with Crippen LogP contribution in [0.1, 0.15) is 64.5 Å². The van der Waals surface area contributed by atoms with Crippen LogP contribution in [-0.2, 0) is 4.43 Å². The quantitative estimate of drug-likeness (QED) is 0.476. The molecule has 3 rings (SSSR count). The summed E-state index contributed by atoms with van der Waals surface area (Å²) in [5.41, 5.74) is 1.48.